The summed E-state index contributed by atoms with van der Waals surface area (Å²) in [5.41, 5.74) is 0.143. The van der Waals surface area contributed by atoms with E-state index < -0.39 is 15.9 Å². The van der Waals surface area contributed by atoms with Crippen molar-refractivity contribution in [3.63, 3.8) is 0 Å². The number of hydrogen-bond acceptors (Lipinski definition) is 3. The van der Waals surface area contributed by atoms with Crippen LogP contribution in [-0.2, 0) is 10.0 Å². The molecule has 0 bridgehead atoms. The third-order valence-electron chi connectivity index (χ3n) is 2.10. The molecule has 0 saturated heterocycles. The van der Waals surface area contributed by atoms with Gasteiger partial charge < -0.3 is 5.32 Å². The van der Waals surface area contributed by atoms with Crippen molar-refractivity contribution < 1.29 is 13.2 Å². The van der Waals surface area contributed by atoms with Crippen LogP contribution >= 0.6 is 11.6 Å². The number of hydrogen-bond donors (Lipinski definition) is 2. The van der Waals surface area contributed by atoms with E-state index in [4.69, 9.17) is 11.6 Å². The Hall–Kier alpha value is -1.11. The Morgan fingerprint density at radius 3 is 2.59 bits per heavy atom. The Bertz CT molecular complexity index is 528. The van der Waals surface area contributed by atoms with Gasteiger partial charge in [-0.1, -0.05) is 11.6 Å². The van der Waals surface area contributed by atoms with Crippen LogP contribution in [0.4, 0.5) is 0 Å². The molecule has 0 radical (unpaired) electrons. The number of carbonyl (C=O) groups excluding carboxylic acids is 1. The van der Waals surface area contributed by atoms with Crippen LogP contribution in [0.1, 0.15) is 17.3 Å². The molecule has 0 heterocycles. The minimum atomic E-state index is -3.57. The molecule has 17 heavy (non-hydrogen) atoms. The molecule has 5 nitrogen and oxygen atoms in total. The molecule has 2 N–H and O–H groups in total. The summed E-state index contributed by atoms with van der Waals surface area (Å²) in [7, 11) is -2.27. The summed E-state index contributed by atoms with van der Waals surface area (Å²) in [4.78, 5) is 11.6. The monoisotopic (exact) mass is 276 g/mol. The van der Waals surface area contributed by atoms with Crippen LogP contribution in [-0.4, -0.2) is 27.9 Å². The van der Waals surface area contributed by atoms with Crippen molar-refractivity contribution >= 4 is 27.5 Å². The molecule has 0 aromatic heterocycles. The van der Waals surface area contributed by atoms with Crippen LogP contribution in [0, 0.1) is 0 Å². The minimum absolute atomic E-state index is 0.00523. The predicted octanol–water partition coefficient (Wildman–Crippen LogP) is 0.998. The van der Waals surface area contributed by atoms with Crippen molar-refractivity contribution in [2.45, 2.75) is 11.8 Å². The second-order valence-corrected chi connectivity index (χ2v) is 5.50. The quantitative estimate of drug-likeness (QED) is 0.861. The van der Waals surface area contributed by atoms with Gasteiger partial charge in [0.1, 0.15) is 0 Å². The Kier molecular flexibility index (Phi) is 4.50. The molecule has 0 spiro atoms. The molecule has 94 valence electrons. The number of carbonyl (C=O) groups is 1. The minimum Gasteiger partial charge on any atom is -0.352 e. The summed E-state index contributed by atoms with van der Waals surface area (Å²) >= 11 is 5.84. The van der Waals surface area contributed by atoms with Gasteiger partial charge in [0.05, 0.1) is 15.5 Å². The summed E-state index contributed by atoms with van der Waals surface area (Å²) in [5.74, 6) is -0.398. The maximum absolute atomic E-state index is 11.6. The molecule has 0 unspecified atom stereocenters. The third-order valence-corrected chi connectivity index (χ3v) is 3.84. The first-order valence-corrected chi connectivity index (χ1v) is 6.79. The number of benzene rings is 1. The fourth-order valence-electron chi connectivity index (χ4n) is 1.22. The van der Waals surface area contributed by atoms with Crippen molar-refractivity contribution in [3.8, 4) is 0 Å². The topological polar surface area (TPSA) is 75.3 Å². The first-order chi connectivity index (χ1) is 7.92. The first kappa shape index (κ1) is 14.0. The summed E-state index contributed by atoms with van der Waals surface area (Å²) in [6, 6.07) is 3.98. The molecule has 0 aliphatic carbocycles. The standard InChI is InChI=1S/C10H13ClN2O3S/c1-3-13-10(14)8-6-7(4-5-9(8)11)17(15,16)12-2/h4-6,12H,3H2,1-2H3,(H,13,14). The lowest BCUT2D eigenvalue weighted by Gasteiger charge is -2.07. The highest BCUT2D eigenvalue weighted by Crippen LogP contribution is 2.20. The Morgan fingerprint density at radius 1 is 1.41 bits per heavy atom. The molecule has 1 amide bonds. The van der Waals surface area contributed by atoms with Crippen molar-refractivity contribution in [2.24, 2.45) is 0 Å². The van der Waals surface area contributed by atoms with E-state index in [1.165, 1.54) is 25.2 Å². The molecule has 0 aliphatic rings. The van der Waals surface area contributed by atoms with Crippen molar-refractivity contribution in [1.82, 2.24) is 10.0 Å². The van der Waals surface area contributed by atoms with E-state index in [1.54, 1.807) is 6.92 Å². The van der Waals surface area contributed by atoms with Gasteiger partial charge in [-0.3, -0.25) is 4.79 Å². The summed E-state index contributed by atoms with van der Waals surface area (Å²) < 4.78 is 25.3. The second kappa shape index (κ2) is 5.48. The summed E-state index contributed by atoms with van der Waals surface area (Å²) in [6.07, 6.45) is 0. The molecule has 1 rings (SSSR count). The average molecular weight is 277 g/mol. The molecule has 0 atom stereocenters. The van der Waals surface area contributed by atoms with Crippen LogP contribution in [0.15, 0.2) is 23.1 Å². The average Bonchev–Trinajstić information content (AvgIpc) is 2.29. The fraction of sp³-hybridized carbons (Fsp3) is 0.300. The van der Waals surface area contributed by atoms with Crippen molar-refractivity contribution in [1.29, 1.82) is 0 Å². The molecule has 0 saturated carbocycles. The highest BCUT2D eigenvalue weighted by molar-refractivity contribution is 7.89. The maximum atomic E-state index is 11.6. The summed E-state index contributed by atoms with van der Waals surface area (Å²) in [5, 5.41) is 2.77. The third kappa shape index (κ3) is 3.18. The van der Waals surface area contributed by atoms with Gasteiger partial charge in [-0.2, -0.15) is 0 Å². The largest absolute Gasteiger partial charge is 0.352 e. The van der Waals surface area contributed by atoms with E-state index in [9.17, 15) is 13.2 Å². The highest BCUT2D eigenvalue weighted by Gasteiger charge is 2.16. The zero-order chi connectivity index (χ0) is 13.1. The van der Waals surface area contributed by atoms with E-state index in [-0.39, 0.29) is 15.5 Å². The van der Waals surface area contributed by atoms with Gasteiger partial charge in [0.2, 0.25) is 10.0 Å². The first-order valence-electron chi connectivity index (χ1n) is 4.93. The van der Waals surface area contributed by atoms with Gasteiger partial charge >= 0.3 is 0 Å². The van der Waals surface area contributed by atoms with E-state index in [0.29, 0.717) is 6.54 Å². The lowest BCUT2D eigenvalue weighted by Crippen LogP contribution is -2.24. The van der Waals surface area contributed by atoms with Crippen molar-refractivity contribution in [3.05, 3.63) is 28.8 Å². The second-order valence-electron chi connectivity index (χ2n) is 3.21. The Morgan fingerprint density at radius 2 is 2.06 bits per heavy atom. The summed E-state index contributed by atoms with van der Waals surface area (Å²) in [6.45, 7) is 2.21. The Balaban J connectivity index is 3.25. The van der Waals surface area contributed by atoms with Crippen molar-refractivity contribution in [2.75, 3.05) is 13.6 Å². The van der Waals surface area contributed by atoms with Gasteiger partial charge in [-0.15, -0.1) is 0 Å². The molecule has 1 aromatic rings. The van der Waals surface area contributed by atoms with E-state index in [2.05, 4.69) is 10.0 Å². The van der Waals surface area contributed by atoms with Gasteiger partial charge in [0.15, 0.2) is 0 Å². The van der Waals surface area contributed by atoms with Crippen LogP contribution < -0.4 is 10.0 Å². The molecule has 0 fully saturated rings. The predicted molar refractivity (Wildman–Crippen MR) is 65.7 cm³/mol. The molecular formula is C10H13ClN2O3S. The van der Waals surface area contributed by atoms with Gasteiger partial charge in [-0.05, 0) is 32.2 Å². The number of halogens is 1. The Labute approximate surface area is 105 Å². The van der Waals surface area contributed by atoms with Crippen LogP contribution in [0.5, 0.6) is 0 Å². The fourth-order valence-corrected chi connectivity index (χ4v) is 2.18. The van der Waals surface area contributed by atoms with Crippen LogP contribution in [0.2, 0.25) is 5.02 Å². The number of nitrogens with one attached hydrogen (secondary N) is 2. The van der Waals surface area contributed by atoms with E-state index in [0.717, 1.165) is 0 Å². The van der Waals surface area contributed by atoms with E-state index in [1.807, 2.05) is 0 Å². The normalized spacial score (nSPS) is 11.2. The SMILES string of the molecule is CCNC(=O)c1cc(S(=O)(=O)NC)ccc1Cl. The molecular weight excluding hydrogens is 264 g/mol. The van der Waals surface area contributed by atoms with Gasteiger partial charge in [0.25, 0.3) is 5.91 Å². The molecule has 1 aromatic carbocycles. The van der Waals surface area contributed by atoms with Crippen LogP contribution in [0.3, 0.4) is 0 Å². The lowest BCUT2D eigenvalue weighted by molar-refractivity contribution is 0.0956. The van der Waals surface area contributed by atoms with Crippen LogP contribution in [0.25, 0.3) is 0 Å². The number of sulfonamides is 1. The number of rotatable bonds is 4. The zero-order valence-corrected chi connectivity index (χ0v) is 11.0. The van der Waals surface area contributed by atoms with E-state index >= 15 is 0 Å². The smallest absolute Gasteiger partial charge is 0.252 e. The highest BCUT2D eigenvalue weighted by atomic mass is 35.5. The van der Waals surface area contributed by atoms with Gasteiger partial charge in [-0.25, -0.2) is 13.1 Å². The molecule has 7 heteroatoms. The number of amides is 1. The van der Waals surface area contributed by atoms with Gasteiger partial charge in [0, 0.05) is 6.54 Å². The maximum Gasteiger partial charge on any atom is 0.252 e. The molecule has 0 aliphatic heterocycles. The lowest BCUT2D eigenvalue weighted by atomic mass is 10.2. The zero-order valence-electron chi connectivity index (χ0n) is 9.45.